The maximum Gasteiger partial charge on any atom is 0.271 e. The van der Waals surface area contributed by atoms with Gasteiger partial charge in [0.1, 0.15) is 29.3 Å². The minimum absolute atomic E-state index is 0.0181. The fourth-order valence-corrected chi connectivity index (χ4v) is 10.8. The normalized spacial score (nSPS) is 15.5. The molecule has 0 bridgehead atoms. The van der Waals surface area contributed by atoms with Crippen molar-refractivity contribution in [1.82, 2.24) is 25.9 Å². The molecule has 4 amide bonds. The van der Waals surface area contributed by atoms with Crippen molar-refractivity contribution in [2.75, 3.05) is 13.2 Å². The number of carbonyl (C=O) groups excluding carboxylic acids is 5. The van der Waals surface area contributed by atoms with Crippen LogP contribution in [0.1, 0.15) is 103 Å². The lowest BCUT2D eigenvalue weighted by Crippen LogP contribution is -2.57. The average Bonchev–Trinajstić information content (AvgIpc) is 4.12. The average molecular weight is 1040 g/mol. The second-order valence-corrected chi connectivity index (χ2v) is 21.3. The van der Waals surface area contributed by atoms with E-state index < -0.39 is 35.4 Å². The van der Waals surface area contributed by atoms with Gasteiger partial charge in [0.05, 0.1) is 41.0 Å². The van der Waals surface area contributed by atoms with Crippen molar-refractivity contribution in [3.05, 3.63) is 154 Å². The highest BCUT2D eigenvalue weighted by Crippen LogP contribution is 2.41. The summed E-state index contributed by atoms with van der Waals surface area (Å²) in [5.41, 5.74) is 9.10. The number of rotatable bonds is 18. The number of carbonyl (C=O) groups is 5. The Morgan fingerprint density at radius 2 is 1.50 bits per heavy atom. The van der Waals surface area contributed by atoms with Gasteiger partial charge in [0.25, 0.3) is 5.91 Å². The molecule has 382 valence electrons. The number of unbranched alkanes of at least 4 members (excludes halogenated alkanes) is 1. The van der Waals surface area contributed by atoms with Crippen LogP contribution in [0.2, 0.25) is 0 Å². The molecule has 17 heteroatoms. The molecule has 7 aromatic rings. The van der Waals surface area contributed by atoms with Crippen molar-refractivity contribution < 1.29 is 44.0 Å². The lowest BCUT2D eigenvalue weighted by molar-refractivity contribution is -0.144. The number of aliphatic hydroxyl groups is 1. The number of aryl methyl sites for hydroxylation is 1. The van der Waals surface area contributed by atoms with Gasteiger partial charge in [-0.25, -0.2) is 10.4 Å². The summed E-state index contributed by atoms with van der Waals surface area (Å²) in [6, 6.07) is 30.5. The van der Waals surface area contributed by atoms with Gasteiger partial charge in [-0.05, 0) is 133 Å². The third-order valence-corrected chi connectivity index (χ3v) is 15.0. The SMILES string of the molecule is Cc1ncsc1-c1ccc(C(C)NC(=O)C2CC(O)CN2C(=O)C(NC(=O)CCCCOc2ccc(C=NNC(=O)c3ccc(C(=O)c4c(-c5ccc(O)cc5)sc5cc(O)ccc45)cc3)cc2)C(C)(C)C)cc1. The standard InChI is InChI=1S/C57H58N6O9S2/c1-33(36-11-15-38(16-12-36)51-34(2)58-32-73-51)60-55(70)46-28-43(66)31-63(46)56(71)53(57(3,4)5)61-48(67)8-6-7-27-72-44-24-9-35(10-25-44)30-59-62-54(69)40-17-13-37(14-18-40)50(68)49-45-26-23-42(65)29-47(45)74-52(49)39-19-21-41(64)22-20-39/h9-26,29-30,32-33,43,46,53,64-66H,6-8,27-28,31H2,1-5H3,(H,60,70)(H,61,67)(H,62,69). The largest absolute Gasteiger partial charge is 0.508 e. The van der Waals surface area contributed by atoms with E-state index in [4.69, 9.17) is 4.74 Å². The molecule has 1 aliphatic heterocycles. The summed E-state index contributed by atoms with van der Waals surface area (Å²) in [5.74, 6) is -1.03. The van der Waals surface area contributed by atoms with Gasteiger partial charge < -0.3 is 35.6 Å². The first-order chi connectivity index (χ1) is 35.4. The Labute approximate surface area is 437 Å². The Kier molecular flexibility index (Phi) is 16.3. The molecule has 0 spiro atoms. The number of ketones is 1. The minimum atomic E-state index is -0.934. The van der Waals surface area contributed by atoms with Crippen LogP contribution in [0.3, 0.4) is 0 Å². The van der Waals surface area contributed by atoms with Crippen LogP contribution in [0, 0.1) is 12.3 Å². The Bertz CT molecular complexity index is 3180. The molecule has 5 aromatic carbocycles. The maximum absolute atomic E-state index is 14.1. The number of ether oxygens (including phenoxy) is 1. The van der Waals surface area contributed by atoms with Crippen molar-refractivity contribution in [2.24, 2.45) is 10.5 Å². The van der Waals surface area contributed by atoms with Crippen LogP contribution in [-0.2, 0) is 14.4 Å². The number of nitrogens with one attached hydrogen (secondary N) is 3. The first kappa shape index (κ1) is 52.6. The monoisotopic (exact) mass is 1030 g/mol. The van der Waals surface area contributed by atoms with E-state index in [0.717, 1.165) is 32.0 Å². The van der Waals surface area contributed by atoms with Gasteiger partial charge in [0, 0.05) is 51.0 Å². The zero-order valence-electron chi connectivity index (χ0n) is 41.6. The number of phenols is 2. The number of hydrazone groups is 1. The summed E-state index contributed by atoms with van der Waals surface area (Å²) in [5, 5.41) is 41.3. The number of fused-ring (bicyclic) bond motifs is 1. The number of thiazole rings is 1. The number of thiophene rings is 1. The molecule has 0 aliphatic carbocycles. The summed E-state index contributed by atoms with van der Waals surface area (Å²) in [7, 11) is 0. The molecule has 3 heterocycles. The molecule has 0 radical (unpaired) electrons. The number of amides is 4. The van der Waals surface area contributed by atoms with Crippen LogP contribution >= 0.6 is 22.7 Å². The first-order valence-corrected chi connectivity index (χ1v) is 26.0. The molecule has 1 fully saturated rings. The zero-order valence-corrected chi connectivity index (χ0v) is 43.3. The topological polar surface area (TPSA) is 220 Å². The van der Waals surface area contributed by atoms with E-state index in [0.29, 0.717) is 57.7 Å². The summed E-state index contributed by atoms with van der Waals surface area (Å²) >= 11 is 2.93. The van der Waals surface area contributed by atoms with Crippen LogP contribution < -0.4 is 20.8 Å². The van der Waals surface area contributed by atoms with Gasteiger partial charge in [0.2, 0.25) is 17.7 Å². The minimum Gasteiger partial charge on any atom is -0.508 e. The summed E-state index contributed by atoms with van der Waals surface area (Å²) < 4.78 is 6.64. The molecule has 1 aliphatic rings. The molecule has 4 atom stereocenters. The molecular weight excluding hydrogens is 977 g/mol. The highest BCUT2D eigenvalue weighted by molar-refractivity contribution is 7.22. The van der Waals surface area contributed by atoms with E-state index in [1.165, 1.54) is 28.5 Å². The lowest BCUT2D eigenvalue weighted by atomic mass is 9.85. The molecule has 4 unspecified atom stereocenters. The highest BCUT2D eigenvalue weighted by Gasteiger charge is 2.44. The number of aromatic hydroxyl groups is 2. The van der Waals surface area contributed by atoms with E-state index in [2.05, 4.69) is 26.1 Å². The number of likely N-dealkylation sites (tertiary alicyclic amines) is 1. The van der Waals surface area contributed by atoms with Crippen LogP contribution in [0.4, 0.5) is 0 Å². The van der Waals surface area contributed by atoms with Crippen LogP contribution in [0.15, 0.2) is 126 Å². The van der Waals surface area contributed by atoms with Crippen molar-refractivity contribution in [3.63, 3.8) is 0 Å². The third kappa shape index (κ3) is 12.5. The van der Waals surface area contributed by atoms with E-state index in [1.807, 2.05) is 64.4 Å². The van der Waals surface area contributed by atoms with E-state index in [-0.39, 0.29) is 54.5 Å². The van der Waals surface area contributed by atoms with Gasteiger partial charge in [-0.1, -0.05) is 57.2 Å². The van der Waals surface area contributed by atoms with Gasteiger partial charge in [-0.3, -0.25) is 24.0 Å². The Morgan fingerprint density at radius 1 is 0.838 bits per heavy atom. The van der Waals surface area contributed by atoms with Crippen LogP contribution in [0.25, 0.3) is 31.0 Å². The molecule has 2 aromatic heterocycles. The second-order valence-electron chi connectivity index (χ2n) is 19.4. The molecule has 1 saturated heterocycles. The van der Waals surface area contributed by atoms with E-state index in [1.54, 1.807) is 96.3 Å². The lowest BCUT2D eigenvalue weighted by Gasteiger charge is -2.35. The summed E-state index contributed by atoms with van der Waals surface area (Å²) in [4.78, 5) is 75.5. The molecular formula is C57H58N6O9S2. The molecule has 0 saturated carbocycles. The second kappa shape index (κ2) is 23.0. The smallest absolute Gasteiger partial charge is 0.271 e. The van der Waals surface area contributed by atoms with Crippen molar-refractivity contribution in [2.45, 2.75) is 84.5 Å². The van der Waals surface area contributed by atoms with Gasteiger partial charge in [-0.15, -0.1) is 22.7 Å². The number of phenolic OH excluding ortho intramolecular Hbond substituents is 2. The number of hydrogen-bond acceptors (Lipinski definition) is 13. The van der Waals surface area contributed by atoms with E-state index in [9.17, 15) is 39.3 Å². The molecule has 8 rings (SSSR count). The number of aliphatic hydroxyl groups excluding tert-OH is 1. The van der Waals surface area contributed by atoms with Crippen molar-refractivity contribution >= 4 is 68.4 Å². The maximum atomic E-state index is 14.1. The number of aromatic nitrogens is 1. The van der Waals surface area contributed by atoms with Gasteiger partial charge >= 0.3 is 0 Å². The van der Waals surface area contributed by atoms with Crippen molar-refractivity contribution in [3.8, 4) is 38.1 Å². The predicted molar refractivity (Wildman–Crippen MR) is 288 cm³/mol. The molecule has 6 N–H and O–H groups in total. The van der Waals surface area contributed by atoms with E-state index >= 15 is 0 Å². The number of β-amino-alcohol motifs (C(OH)–C–C–N with tert-alkyl or cyclic N) is 1. The van der Waals surface area contributed by atoms with Gasteiger partial charge in [-0.2, -0.15) is 5.10 Å². The molecule has 15 nitrogen and oxygen atoms in total. The third-order valence-electron chi connectivity index (χ3n) is 12.8. The van der Waals surface area contributed by atoms with Crippen LogP contribution in [0.5, 0.6) is 17.2 Å². The summed E-state index contributed by atoms with van der Waals surface area (Å²) in [6.07, 6.45) is 1.91. The van der Waals surface area contributed by atoms with Crippen molar-refractivity contribution in [1.29, 1.82) is 0 Å². The highest BCUT2D eigenvalue weighted by atomic mass is 32.1. The molecule has 74 heavy (non-hydrogen) atoms. The summed E-state index contributed by atoms with van der Waals surface area (Å²) in [6.45, 7) is 9.72. The Balaban J connectivity index is 0.772. The fourth-order valence-electron chi connectivity index (χ4n) is 8.75. The first-order valence-electron chi connectivity index (χ1n) is 24.3. The number of hydrogen-bond donors (Lipinski definition) is 6. The Hall–Kier alpha value is -7.73. The quantitative estimate of drug-likeness (QED) is 0.0207. The van der Waals surface area contributed by atoms with Gasteiger partial charge in [0.15, 0.2) is 5.78 Å². The van der Waals surface area contributed by atoms with Crippen LogP contribution in [-0.4, -0.2) is 92.2 Å². The Morgan fingerprint density at radius 3 is 2.18 bits per heavy atom. The number of nitrogens with zero attached hydrogens (tertiary/aromatic N) is 3. The fraction of sp³-hybridized carbons (Fsp3) is 0.281. The zero-order chi connectivity index (χ0) is 52.7. The number of benzene rings is 5. The predicted octanol–water partition coefficient (Wildman–Crippen LogP) is 9.33.